The van der Waals surface area contributed by atoms with Gasteiger partial charge < -0.3 is 5.32 Å². The summed E-state index contributed by atoms with van der Waals surface area (Å²) in [6.07, 6.45) is 3.09. The number of ketones is 1. The number of Topliss-reactive ketones (excluding diaryl/α,β-unsaturated/α-hetero) is 1. The van der Waals surface area contributed by atoms with E-state index >= 15 is 0 Å². The molecule has 7 heteroatoms. The largest absolute Gasteiger partial charge is 0.355 e. The van der Waals surface area contributed by atoms with Crippen LogP contribution in [0.1, 0.15) is 28.4 Å². The zero-order valence-corrected chi connectivity index (χ0v) is 18.2. The first kappa shape index (κ1) is 21.7. The molecule has 0 atom stereocenters. The Morgan fingerprint density at radius 2 is 1.83 bits per heavy atom. The van der Waals surface area contributed by atoms with E-state index in [4.69, 9.17) is 11.6 Å². The second-order valence-corrected chi connectivity index (χ2v) is 8.11. The summed E-state index contributed by atoms with van der Waals surface area (Å²) in [5.41, 5.74) is 1.75. The molecule has 1 aromatic heterocycles. The fraction of sp³-hybridized carbons (Fsp3) is 0.174. The molecule has 0 spiro atoms. The number of aryl methyl sites for hydroxylation is 1. The van der Waals surface area contributed by atoms with Gasteiger partial charge in [0.05, 0.1) is 4.53 Å². The van der Waals surface area contributed by atoms with Crippen molar-refractivity contribution in [2.75, 3.05) is 6.54 Å². The first-order valence-electron chi connectivity index (χ1n) is 9.45. The van der Waals surface area contributed by atoms with Gasteiger partial charge in [-0.1, -0.05) is 54.1 Å². The molecular weight excluding hydrogens is 420 g/mol. The van der Waals surface area contributed by atoms with Crippen molar-refractivity contribution in [2.45, 2.75) is 20.4 Å². The molecule has 0 fully saturated rings. The summed E-state index contributed by atoms with van der Waals surface area (Å²) in [4.78, 5) is 38.0. The highest BCUT2D eigenvalue weighted by atomic mass is 35.5. The molecule has 3 rings (SSSR count). The van der Waals surface area contributed by atoms with Crippen LogP contribution in [0.3, 0.4) is 0 Å². The molecular formula is C23H21ClN2O3S. The molecule has 1 heterocycles. The van der Waals surface area contributed by atoms with E-state index < -0.39 is 0 Å². The van der Waals surface area contributed by atoms with Crippen molar-refractivity contribution in [3.8, 4) is 0 Å². The van der Waals surface area contributed by atoms with Crippen molar-refractivity contribution in [3.63, 3.8) is 0 Å². The number of likely N-dealkylation sites (N-methyl/N-ethyl adjacent to an activating group) is 1. The van der Waals surface area contributed by atoms with Crippen LogP contribution in [0.2, 0.25) is 5.02 Å². The van der Waals surface area contributed by atoms with Crippen LogP contribution < -0.4 is 20.1 Å². The van der Waals surface area contributed by atoms with Crippen LogP contribution in [-0.2, 0) is 11.3 Å². The molecule has 1 amide bonds. The van der Waals surface area contributed by atoms with Crippen LogP contribution in [0.5, 0.6) is 0 Å². The van der Waals surface area contributed by atoms with Gasteiger partial charge in [0, 0.05) is 23.2 Å². The zero-order chi connectivity index (χ0) is 21.7. The minimum atomic E-state index is -0.338. The van der Waals surface area contributed by atoms with Gasteiger partial charge in [0.2, 0.25) is 5.91 Å². The lowest BCUT2D eigenvalue weighted by atomic mass is 10.1. The summed E-state index contributed by atoms with van der Waals surface area (Å²) in [5.74, 6) is -0.511. The van der Waals surface area contributed by atoms with Gasteiger partial charge in [0.15, 0.2) is 5.78 Å². The van der Waals surface area contributed by atoms with Crippen LogP contribution >= 0.6 is 22.9 Å². The van der Waals surface area contributed by atoms with Gasteiger partial charge in [-0.25, -0.2) is 0 Å². The standard InChI is InChI=1S/C23H21ClN2O3S/c1-3-25-21(28)14-26-22(13-19(27)17-10-6-4-8-15(17)2)30-20(23(26)29)12-16-9-5-7-11-18(16)24/h4-13H,3,14H2,1-2H3,(H,25,28)/b20-12+,22-13-. The molecule has 0 aliphatic heterocycles. The highest BCUT2D eigenvalue weighted by Crippen LogP contribution is 2.15. The molecule has 0 aliphatic carbocycles. The lowest BCUT2D eigenvalue weighted by Gasteiger charge is -2.03. The first-order valence-corrected chi connectivity index (χ1v) is 10.6. The maximum absolute atomic E-state index is 13.0. The van der Waals surface area contributed by atoms with Gasteiger partial charge >= 0.3 is 0 Å². The maximum Gasteiger partial charge on any atom is 0.269 e. The summed E-state index contributed by atoms with van der Waals surface area (Å²) >= 11 is 7.38. The quantitative estimate of drug-likeness (QED) is 0.599. The molecule has 154 valence electrons. The van der Waals surface area contributed by atoms with Crippen LogP contribution in [0.25, 0.3) is 12.2 Å². The van der Waals surface area contributed by atoms with Gasteiger partial charge in [0.1, 0.15) is 11.2 Å². The van der Waals surface area contributed by atoms with E-state index in [2.05, 4.69) is 5.32 Å². The van der Waals surface area contributed by atoms with Gasteiger partial charge in [-0.05, 0) is 37.1 Å². The molecule has 0 aliphatic rings. The van der Waals surface area contributed by atoms with Gasteiger partial charge in [-0.3, -0.25) is 19.0 Å². The average molecular weight is 441 g/mol. The second kappa shape index (κ2) is 9.69. The van der Waals surface area contributed by atoms with Crippen molar-refractivity contribution in [3.05, 3.63) is 89.8 Å². The van der Waals surface area contributed by atoms with E-state index in [0.717, 1.165) is 16.9 Å². The Kier molecular flexibility index (Phi) is 7.03. The molecule has 1 N–H and O–H groups in total. The van der Waals surface area contributed by atoms with Crippen LogP contribution in [-0.4, -0.2) is 22.8 Å². The number of hydrogen-bond donors (Lipinski definition) is 1. The topological polar surface area (TPSA) is 68.2 Å². The minimum absolute atomic E-state index is 0.160. The Morgan fingerprint density at radius 1 is 1.13 bits per heavy atom. The average Bonchev–Trinajstić information content (AvgIpc) is 2.99. The summed E-state index contributed by atoms with van der Waals surface area (Å²) in [7, 11) is 0. The Morgan fingerprint density at radius 3 is 2.53 bits per heavy atom. The van der Waals surface area contributed by atoms with Crippen LogP contribution in [0, 0.1) is 6.92 Å². The number of hydrogen-bond acceptors (Lipinski definition) is 4. The molecule has 0 bridgehead atoms. The van der Waals surface area contributed by atoms with E-state index in [1.165, 1.54) is 10.6 Å². The third kappa shape index (κ3) is 4.96. The highest BCUT2D eigenvalue weighted by Gasteiger charge is 2.12. The fourth-order valence-corrected chi connectivity index (χ4v) is 4.18. The number of aromatic nitrogens is 1. The van der Waals surface area contributed by atoms with Crippen molar-refractivity contribution < 1.29 is 9.59 Å². The predicted molar refractivity (Wildman–Crippen MR) is 122 cm³/mol. The van der Waals surface area contributed by atoms with E-state index in [1.807, 2.05) is 31.2 Å². The molecule has 30 heavy (non-hydrogen) atoms. The number of carbonyl (C=O) groups excluding carboxylic acids is 2. The van der Waals surface area contributed by atoms with Crippen molar-refractivity contribution in [1.29, 1.82) is 0 Å². The Hall–Kier alpha value is -2.96. The van der Waals surface area contributed by atoms with E-state index in [-0.39, 0.29) is 23.8 Å². The third-order valence-corrected chi connectivity index (χ3v) is 5.87. The smallest absolute Gasteiger partial charge is 0.269 e. The lowest BCUT2D eigenvalue weighted by Crippen LogP contribution is -2.38. The van der Waals surface area contributed by atoms with E-state index in [1.54, 1.807) is 37.3 Å². The van der Waals surface area contributed by atoms with Crippen molar-refractivity contribution >= 4 is 46.8 Å². The minimum Gasteiger partial charge on any atom is -0.355 e. The highest BCUT2D eigenvalue weighted by molar-refractivity contribution is 7.07. The normalized spacial score (nSPS) is 12.2. The predicted octanol–water partition coefficient (Wildman–Crippen LogP) is 2.50. The molecule has 5 nitrogen and oxygen atoms in total. The summed E-state index contributed by atoms with van der Waals surface area (Å²) in [5, 5.41) is 3.20. The third-order valence-electron chi connectivity index (χ3n) is 4.47. The zero-order valence-electron chi connectivity index (χ0n) is 16.6. The Balaban J connectivity index is 2.17. The van der Waals surface area contributed by atoms with Gasteiger partial charge in [-0.15, -0.1) is 11.3 Å². The Bertz CT molecular complexity index is 1270. The summed E-state index contributed by atoms with van der Waals surface area (Å²) < 4.78 is 2.14. The maximum atomic E-state index is 13.0. The molecule has 0 radical (unpaired) electrons. The second-order valence-electron chi connectivity index (χ2n) is 6.64. The van der Waals surface area contributed by atoms with E-state index in [9.17, 15) is 14.4 Å². The van der Waals surface area contributed by atoms with Crippen molar-refractivity contribution in [1.82, 2.24) is 9.88 Å². The number of nitrogens with zero attached hydrogens (tertiary/aromatic N) is 1. The number of benzene rings is 2. The molecule has 3 aromatic rings. The number of carbonyl (C=O) groups is 2. The number of rotatable bonds is 6. The number of thiazole rings is 1. The monoisotopic (exact) mass is 440 g/mol. The van der Waals surface area contributed by atoms with Gasteiger partial charge in [-0.2, -0.15) is 0 Å². The Labute approximate surface area is 182 Å². The molecule has 2 aromatic carbocycles. The number of amides is 1. The van der Waals surface area contributed by atoms with Gasteiger partial charge in [0.25, 0.3) is 5.56 Å². The van der Waals surface area contributed by atoms with Crippen LogP contribution in [0.4, 0.5) is 0 Å². The van der Waals surface area contributed by atoms with Crippen molar-refractivity contribution in [2.24, 2.45) is 0 Å². The first-order chi connectivity index (χ1) is 14.4. The molecule has 0 saturated carbocycles. The van der Waals surface area contributed by atoms with Crippen LogP contribution in [0.15, 0.2) is 53.3 Å². The number of nitrogens with one attached hydrogen (secondary N) is 1. The molecule has 0 saturated heterocycles. The van der Waals surface area contributed by atoms with E-state index in [0.29, 0.717) is 31.9 Å². The summed E-state index contributed by atoms with van der Waals surface area (Å²) in [6, 6.07) is 14.4. The fourth-order valence-electron chi connectivity index (χ4n) is 2.96. The molecule has 0 unspecified atom stereocenters. The lowest BCUT2D eigenvalue weighted by molar-refractivity contribution is -0.121. The number of halogens is 1. The summed E-state index contributed by atoms with van der Waals surface area (Å²) in [6.45, 7) is 3.96. The SMILES string of the molecule is CCNC(=O)Cn1c(=O)/c(=C\c2ccccc2Cl)s/c1=C\C(=O)c1ccccc1C.